The Kier molecular flexibility index (Phi) is 4.90. The Labute approximate surface area is 143 Å². The number of piperidine rings is 1. The van der Waals surface area contributed by atoms with E-state index in [9.17, 15) is 9.59 Å². The summed E-state index contributed by atoms with van der Waals surface area (Å²) in [4.78, 5) is 28.8. The molecular weight excluding hydrogens is 304 g/mol. The van der Waals surface area contributed by atoms with Gasteiger partial charge in [0.25, 0.3) is 5.91 Å². The normalized spacial score (nSPS) is 20.0. The third-order valence-electron chi connectivity index (χ3n) is 5.46. The van der Waals surface area contributed by atoms with Crippen molar-refractivity contribution in [2.75, 3.05) is 39.9 Å². The van der Waals surface area contributed by atoms with Crippen LogP contribution < -0.4 is 0 Å². The van der Waals surface area contributed by atoms with Crippen molar-refractivity contribution in [3.8, 4) is 0 Å². The molecule has 2 fully saturated rings. The van der Waals surface area contributed by atoms with Gasteiger partial charge in [-0.15, -0.1) is 0 Å². The summed E-state index contributed by atoms with van der Waals surface area (Å²) >= 11 is 0. The van der Waals surface area contributed by atoms with Gasteiger partial charge in [0.2, 0.25) is 5.91 Å². The average Bonchev–Trinajstić information content (AvgIpc) is 2.89. The van der Waals surface area contributed by atoms with Crippen molar-refractivity contribution < 1.29 is 14.3 Å². The van der Waals surface area contributed by atoms with Crippen LogP contribution in [-0.2, 0) is 9.53 Å². The lowest BCUT2D eigenvalue weighted by atomic mass is 9.77. The van der Waals surface area contributed by atoms with Gasteiger partial charge in [0.1, 0.15) is 0 Å². The van der Waals surface area contributed by atoms with Crippen LogP contribution in [0.15, 0.2) is 24.3 Å². The average molecular weight is 330 g/mol. The summed E-state index contributed by atoms with van der Waals surface area (Å²) in [6, 6.07) is 7.74. The molecule has 0 unspecified atom stereocenters. The number of aryl methyl sites for hydroxylation is 1. The fraction of sp³-hybridized carbons (Fsp3) is 0.579. The van der Waals surface area contributed by atoms with E-state index in [0.29, 0.717) is 19.6 Å². The van der Waals surface area contributed by atoms with Crippen LogP contribution in [0.25, 0.3) is 0 Å². The van der Waals surface area contributed by atoms with Crippen LogP contribution in [0.1, 0.15) is 35.2 Å². The highest BCUT2D eigenvalue weighted by Crippen LogP contribution is 2.41. The predicted molar refractivity (Wildman–Crippen MR) is 91.8 cm³/mol. The van der Waals surface area contributed by atoms with E-state index in [2.05, 4.69) is 0 Å². The zero-order chi connectivity index (χ0) is 17.2. The van der Waals surface area contributed by atoms with Crippen molar-refractivity contribution in [1.82, 2.24) is 9.80 Å². The summed E-state index contributed by atoms with van der Waals surface area (Å²) in [5.41, 5.74) is 1.86. The van der Waals surface area contributed by atoms with E-state index in [4.69, 9.17) is 4.74 Å². The Hall–Kier alpha value is -1.88. The van der Waals surface area contributed by atoms with Crippen LogP contribution >= 0.6 is 0 Å². The predicted octanol–water partition coefficient (Wildman–Crippen LogP) is 2.10. The molecule has 2 heterocycles. The molecule has 2 aliphatic rings. The summed E-state index contributed by atoms with van der Waals surface area (Å²) in [5.74, 6) is 0.342. The van der Waals surface area contributed by atoms with E-state index in [1.807, 2.05) is 41.0 Å². The van der Waals surface area contributed by atoms with Gasteiger partial charge in [-0.3, -0.25) is 9.59 Å². The zero-order valence-corrected chi connectivity index (χ0v) is 14.6. The molecule has 1 spiro atoms. The van der Waals surface area contributed by atoms with Crippen LogP contribution in [0.3, 0.4) is 0 Å². The number of rotatable bonds is 4. The van der Waals surface area contributed by atoms with E-state index in [1.54, 1.807) is 7.11 Å². The molecule has 0 saturated carbocycles. The van der Waals surface area contributed by atoms with E-state index in [-0.39, 0.29) is 17.2 Å². The lowest BCUT2D eigenvalue weighted by Crippen LogP contribution is -2.44. The highest BCUT2D eigenvalue weighted by Gasteiger charge is 2.45. The quantitative estimate of drug-likeness (QED) is 0.849. The fourth-order valence-corrected chi connectivity index (χ4v) is 3.89. The number of methoxy groups -OCH3 is 1. The van der Waals surface area contributed by atoms with Crippen molar-refractivity contribution in [2.45, 2.75) is 26.2 Å². The highest BCUT2D eigenvalue weighted by molar-refractivity contribution is 5.95. The molecule has 3 rings (SSSR count). The fourth-order valence-electron chi connectivity index (χ4n) is 3.89. The van der Waals surface area contributed by atoms with Gasteiger partial charge in [0.05, 0.1) is 6.61 Å². The molecule has 0 aliphatic carbocycles. The van der Waals surface area contributed by atoms with E-state index >= 15 is 0 Å². The van der Waals surface area contributed by atoms with Crippen molar-refractivity contribution >= 4 is 11.8 Å². The number of benzene rings is 1. The van der Waals surface area contributed by atoms with Gasteiger partial charge in [0.15, 0.2) is 0 Å². The maximum absolute atomic E-state index is 12.7. The van der Waals surface area contributed by atoms with E-state index < -0.39 is 0 Å². The lowest BCUT2D eigenvalue weighted by Gasteiger charge is -2.39. The van der Waals surface area contributed by atoms with Crippen molar-refractivity contribution in [2.24, 2.45) is 5.41 Å². The SMILES string of the molecule is COCCN1CC2(CCN(C(=O)c3ccccc3C)CC2)CC1=O. The Bertz CT molecular complexity index is 621. The number of carbonyl (C=O) groups is 2. The molecule has 2 aliphatic heterocycles. The Morgan fingerprint density at radius 2 is 1.96 bits per heavy atom. The van der Waals surface area contributed by atoms with Gasteiger partial charge < -0.3 is 14.5 Å². The number of ether oxygens (including phenoxy) is 1. The summed E-state index contributed by atoms with van der Waals surface area (Å²) < 4.78 is 5.09. The molecule has 24 heavy (non-hydrogen) atoms. The highest BCUT2D eigenvalue weighted by atomic mass is 16.5. The van der Waals surface area contributed by atoms with Gasteiger partial charge in [-0.05, 0) is 31.4 Å². The second-order valence-electron chi connectivity index (χ2n) is 7.09. The molecule has 1 aromatic carbocycles. The first-order valence-corrected chi connectivity index (χ1v) is 8.66. The maximum Gasteiger partial charge on any atom is 0.254 e. The zero-order valence-electron chi connectivity index (χ0n) is 14.6. The van der Waals surface area contributed by atoms with Gasteiger partial charge in [0, 0.05) is 50.7 Å². The molecule has 0 aromatic heterocycles. The molecule has 0 N–H and O–H groups in total. The van der Waals surface area contributed by atoms with E-state index in [1.165, 1.54) is 0 Å². The largest absolute Gasteiger partial charge is 0.383 e. The molecule has 130 valence electrons. The van der Waals surface area contributed by atoms with Gasteiger partial charge in [-0.1, -0.05) is 18.2 Å². The second-order valence-corrected chi connectivity index (χ2v) is 7.09. The molecule has 0 bridgehead atoms. The van der Waals surface area contributed by atoms with Gasteiger partial charge in [-0.2, -0.15) is 0 Å². The topological polar surface area (TPSA) is 49.9 Å². The first-order valence-electron chi connectivity index (χ1n) is 8.66. The minimum absolute atomic E-state index is 0.0489. The number of amides is 2. The van der Waals surface area contributed by atoms with Gasteiger partial charge >= 0.3 is 0 Å². The number of hydrogen-bond donors (Lipinski definition) is 0. The molecular formula is C19H26N2O3. The summed E-state index contributed by atoms with van der Waals surface area (Å²) in [7, 11) is 1.66. The second kappa shape index (κ2) is 6.93. The molecule has 0 radical (unpaired) electrons. The molecule has 1 aromatic rings. The van der Waals surface area contributed by atoms with Crippen LogP contribution in [0.4, 0.5) is 0 Å². The summed E-state index contributed by atoms with van der Waals surface area (Å²) in [6.45, 7) is 5.50. The monoisotopic (exact) mass is 330 g/mol. The Morgan fingerprint density at radius 3 is 2.62 bits per heavy atom. The van der Waals surface area contributed by atoms with Crippen LogP contribution in [0, 0.1) is 12.3 Å². The van der Waals surface area contributed by atoms with Crippen LogP contribution in [0.2, 0.25) is 0 Å². The molecule has 5 heteroatoms. The van der Waals surface area contributed by atoms with Crippen molar-refractivity contribution in [1.29, 1.82) is 0 Å². The summed E-state index contributed by atoms with van der Waals surface area (Å²) in [5, 5.41) is 0. The first-order chi connectivity index (χ1) is 11.5. The van der Waals surface area contributed by atoms with E-state index in [0.717, 1.165) is 43.6 Å². The minimum Gasteiger partial charge on any atom is -0.383 e. The number of hydrogen-bond acceptors (Lipinski definition) is 3. The molecule has 5 nitrogen and oxygen atoms in total. The number of nitrogens with zero attached hydrogens (tertiary/aromatic N) is 2. The van der Waals surface area contributed by atoms with Crippen LogP contribution in [0.5, 0.6) is 0 Å². The summed E-state index contributed by atoms with van der Waals surface area (Å²) in [6.07, 6.45) is 2.42. The van der Waals surface area contributed by atoms with Crippen molar-refractivity contribution in [3.63, 3.8) is 0 Å². The van der Waals surface area contributed by atoms with Crippen LogP contribution in [-0.4, -0.2) is 61.5 Å². The smallest absolute Gasteiger partial charge is 0.254 e. The maximum atomic E-state index is 12.7. The standard InChI is InChI=1S/C19H26N2O3/c1-15-5-3-4-6-16(15)18(23)20-9-7-19(8-10-20)13-17(22)21(14-19)11-12-24-2/h3-6H,7-14H2,1-2H3. The molecule has 0 atom stereocenters. The third-order valence-corrected chi connectivity index (χ3v) is 5.46. The Morgan fingerprint density at radius 1 is 1.25 bits per heavy atom. The first kappa shape index (κ1) is 17.0. The number of likely N-dealkylation sites (tertiary alicyclic amines) is 2. The molecule has 2 amide bonds. The Balaban J connectivity index is 1.61. The minimum atomic E-state index is 0.0489. The number of carbonyl (C=O) groups excluding carboxylic acids is 2. The van der Waals surface area contributed by atoms with Gasteiger partial charge in [-0.25, -0.2) is 0 Å². The molecule has 2 saturated heterocycles. The lowest BCUT2D eigenvalue weighted by molar-refractivity contribution is -0.128. The van der Waals surface area contributed by atoms with Crippen molar-refractivity contribution in [3.05, 3.63) is 35.4 Å². The third kappa shape index (κ3) is 3.31.